The first-order valence-corrected chi connectivity index (χ1v) is 7.39. The molecule has 5 heteroatoms. The van der Waals surface area contributed by atoms with Crippen molar-refractivity contribution in [2.75, 3.05) is 16.4 Å². The Morgan fingerprint density at radius 2 is 1.81 bits per heavy atom. The molecule has 0 heterocycles. The Hall–Kier alpha value is -2.27. The molecule has 2 aromatic carbocycles. The van der Waals surface area contributed by atoms with Crippen molar-refractivity contribution in [3.63, 3.8) is 0 Å². The molecule has 0 fully saturated rings. The molecular weight excluding hydrogens is 284 g/mol. The van der Waals surface area contributed by atoms with Crippen LogP contribution in [-0.4, -0.2) is 18.1 Å². The van der Waals surface area contributed by atoms with Gasteiger partial charge in [-0.05, 0) is 42.8 Å². The minimum atomic E-state index is -0.286. The first kappa shape index (κ1) is 15.1. The molecule has 0 unspecified atom stereocenters. The molecular formula is C16H15N2O2S. The number of carbonyl (C=O) groups is 1. The number of hydrogen-bond donors (Lipinski definition) is 2. The molecule has 2 aromatic rings. The predicted molar refractivity (Wildman–Crippen MR) is 86.7 cm³/mol. The van der Waals surface area contributed by atoms with E-state index in [0.717, 1.165) is 16.1 Å². The van der Waals surface area contributed by atoms with E-state index in [2.05, 4.69) is 10.6 Å². The van der Waals surface area contributed by atoms with E-state index in [1.54, 1.807) is 12.1 Å². The van der Waals surface area contributed by atoms with Crippen LogP contribution in [0.15, 0.2) is 53.4 Å². The normalized spacial score (nSPS) is 9.95. The van der Waals surface area contributed by atoms with Crippen LogP contribution >= 0.6 is 11.8 Å². The first-order chi connectivity index (χ1) is 10.2. The molecule has 0 atom stereocenters. The zero-order valence-corrected chi connectivity index (χ0v) is 12.4. The summed E-state index contributed by atoms with van der Waals surface area (Å²) in [5.41, 5.74) is 2.48. The third-order valence-electron chi connectivity index (χ3n) is 2.80. The zero-order valence-electron chi connectivity index (χ0n) is 11.6. The lowest BCUT2D eigenvalue weighted by molar-refractivity contribution is 0.262. The molecule has 0 saturated heterocycles. The van der Waals surface area contributed by atoms with Crippen molar-refractivity contribution in [2.45, 2.75) is 11.8 Å². The van der Waals surface area contributed by atoms with E-state index in [1.165, 1.54) is 11.8 Å². The molecule has 0 bridgehead atoms. The molecule has 2 N–H and O–H groups in total. The summed E-state index contributed by atoms with van der Waals surface area (Å²) in [5, 5.41) is 5.57. The molecule has 21 heavy (non-hydrogen) atoms. The number of carbonyl (C=O) groups excluding carboxylic acids is 2. The van der Waals surface area contributed by atoms with Crippen LogP contribution in [0.1, 0.15) is 5.56 Å². The average Bonchev–Trinajstić information content (AvgIpc) is 2.49. The number of hydrogen-bond acceptors (Lipinski definition) is 3. The molecule has 2 amide bonds. The molecule has 0 aliphatic carbocycles. The number of urea groups is 1. The third-order valence-corrected chi connectivity index (χ3v) is 3.67. The Labute approximate surface area is 127 Å². The van der Waals surface area contributed by atoms with Gasteiger partial charge in [-0.25, -0.2) is 4.79 Å². The van der Waals surface area contributed by atoms with Gasteiger partial charge < -0.3 is 10.6 Å². The van der Waals surface area contributed by atoms with Gasteiger partial charge in [-0.15, -0.1) is 11.8 Å². The molecule has 0 aromatic heterocycles. The van der Waals surface area contributed by atoms with Crippen LogP contribution in [0.4, 0.5) is 16.2 Å². The van der Waals surface area contributed by atoms with E-state index in [-0.39, 0.29) is 6.03 Å². The summed E-state index contributed by atoms with van der Waals surface area (Å²) in [4.78, 5) is 23.1. The molecule has 0 aliphatic heterocycles. The predicted octanol–water partition coefficient (Wildman–Crippen LogP) is 3.84. The van der Waals surface area contributed by atoms with Crippen molar-refractivity contribution in [2.24, 2.45) is 0 Å². The van der Waals surface area contributed by atoms with E-state index in [1.807, 2.05) is 49.6 Å². The van der Waals surface area contributed by atoms with Gasteiger partial charge in [0.25, 0.3) is 0 Å². The summed E-state index contributed by atoms with van der Waals surface area (Å²) >= 11 is 1.40. The fourth-order valence-electron chi connectivity index (χ4n) is 1.75. The highest BCUT2D eigenvalue weighted by molar-refractivity contribution is 7.99. The highest BCUT2D eigenvalue weighted by Gasteiger charge is 2.04. The molecule has 4 nitrogen and oxygen atoms in total. The van der Waals surface area contributed by atoms with E-state index in [0.29, 0.717) is 11.4 Å². The number of benzene rings is 2. The van der Waals surface area contributed by atoms with Crippen LogP contribution in [0.2, 0.25) is 0 Å². The van der Waals surface area contributed by atoms with E-state index in [9.17, 15) is 9.59 Å². The van der Waals surface area contributed by atoms with Gasteiger partial charge in [-0.3, -0.25) is 4.79 Å². The minimum absolute atomic E-state index is 0.286. The van der Waals surface area contributed by atoms with Gasteiger partial charge in [0.05, 0.1) is 5.75 Å². The summed E-state index contributed by atoms with van der Waals surface area (Å²) in [6.45, 7) is 1.94. The second kappa shape index (κ2) is 7.50. The lowest BCUT2D eigenvalue weighted by Gasteiger charge is -2.10. The standard InChI is InChI=1S/C16H15N2O2S/c1-12-4-2-3-5-15(12)18-16(20)17-13-6-8-14(9-7-13)21-11-10-19/h2-9H,11H2,1H3,(H2,17,18,20). The Balaban J connectivity index is 1.93. The molecule has 0 aliphatic rings. The van der Waals surface area contributed by atoms with Crippen LogP contribution in [0.5, 0.6) is 0 Å². The van der Waals surface area contributed by atoms with Gasteiger partial charge in [0, 0.05) is 16.3 Å². The Morgan fingerprint density at radius 3 is 2.48 bits per heavy atom. The summed E-state index contributed by atoms with van der Waals surface area (Å²) in [6.07, 6.45) is 1.83. The Bertz CT molecular complexity index is 626. The van der Waals surface area contributed by atoms with Crippen molar-refractivity contribution < 1.29 is 9.59 Å². The number of para-hydroxylation sites is 1. The summed E-state index contributed by atoms with van der Waals surface area (Å²) in [6, 6.07) is 14.6. The van der Waals surface area contributed by atoms with Crippen LogP contribution in [-0.2, 0) is 4.79 Å². The van der Waals surface area contributed by atoms with E-state index >= 15 is 0 Å². The second-order valence-corrected chi connectivity index (χ2v) is 5.40. The monoisotopic (exact) mass is 299 g/mol. The van der Waals surface area contributed by atoms with Crippen molar-refractivity contribution in [3.05, 3.63) is 54.1 Å². The minimum Gasteiger partial charge on any atom is -0.308 e. The van der Waals surface area contributed by atoms with Crippen LogP contribution in [0.25, 0.3) is 0 Å². The lowest BCUT2D eigenvalue weighted by Crippen LogP contribution is -2.19. The fraction of sp³-hybridized carbons (Fsp3) is 0.125. The zero-order chi connectivity index (χ0) is 15.1. The van der Waals surface area contributed by atoms with Gasteiger partial charge in [-0.1, -0.05) is 18.2 Å². The largest absolute Gasteiger partial charge is 0.323 e. The quantitative estimate of drug-likeness (QED) is 0.825. The maximum atomic E-state index is 11.9. The lowest BCUT2D eigenvalue weighted by atomic mass is 10.2. The SMILES string of the molecule is Cc1ccccc1NC(=O)Nc1ccc(SC[C]=O)cc1. The Morgan fingerprint density at radius 1 is 1.10 bits per heavy atom. The van der Waals surface area contributed by atoms with Crippen molar-refractivity contribution in [3.8, 4) is 0 Å². The molecule has 0 spiro atoms. The maximum Gasteiger partial charge on any atom is 0.323 e. The molecule has 0 saturated carbocycles. The fourth-order valence-corrected chi connectivity index (χ4v) is 2.30. The highest BCUT2D eigenvalue weighted by atomic mass is 32.2. The van der Waals surface area contributed by atoms with Gasteiger partial charge in [-0.2, -0.15) is 0 Å². The maximum absolute atomic E-state index is 11.9. The number of thioether (sulfide) groups is 1. The third kappa shape index (κ3) is 4.65. The van der Waals surface area contributed by atoms with Crippen molar-refractivity contribution in [1.29, 1.82) is 0 Å². The topological polar surface area (TPSA) is 58.2 Å². The number of aryl methyl sites for hydroxylation is 1. The Kier molecular flexibility index (Phi) is 5.40. The number of anilines is 2. The van der Waals surface area contributed by atoms with E-state index in [4.69, 9.17) is 0 Å². The van der Waals surface area contributed by atoms with E-state index < -0.39 is 0 Å². The van der Waals surface area contributed by atoms with Gasteiger partial charge >= 0.3 is 6.03 Å². The van der Waals surface area contributed by atoms with Gasteiger partial charge in [0.1, 0.15) is 0 Å². The summed E-state index contributed by atoms with van der Waals surface area (Å²) in [5.74, 6) is 0.306. The summed E-state index contributed by atoms with van der Waals surface area (Å²) < 4.78 is 0. The van der Waals surface area contributed by atoms with Crippen molar-refractivity contribution in [1.82, 2.24) is 0 Å². The smallest absolute Gasteiger partial charge is 0.308 e. The van der Waals surface area contributed by atoms with Gasteiger partial charge in [0.15, 0.2) is 0 Å². The number of amides is 2. The average molecular weight is 299 g/mol. The van der Waals surface area contributed by atoms with Crippen LogP contribution < -0.4 is 10.6 Å². The van der Waals surface area contributed by atoms with Crippen LogP contribution in [0.3, 0.4) is 0 Å². The molecule has 1 radical (unpaired) electrons. The number of nitrogens with one attached hydrogen (secondary N) is 2. The van der Waals surface area contributed by atoms with Gasteiger partial charge in [0.2, 0.25) is 6.29 Å². The van der Waals surface area contributed by atoms with Crippen LogP contribution in [0, 0.1) is 6.92 Å². The second-order valence-electron chi connectivity index (χ2n) is 4.35. The van der Waals surface area contributed by atoms with Crippen molar-refractivity contribution >= 4 is 35.5 Å². The summed E-state index contributed by atoms with van der Waals surface area (Å²) in [7, 11) is 0. The highest BCUT2D eigenvalue weighted by Crippen LogP contribution is 2.20. The molecule has 107 valence electrons. The molecule has 2 rings (SSSR count). The number of rotatable bonds is 5. The first-order valence-electron chi connectivity index (χ1n) is 6.40.